The summed E-state index contributed by atoms with van der Waals surface area (Å²) in [5.74, 6) is 3.36. The van der Waals surface area contributed by atoms with Gasteiger partial charge in [-0.25, -0.2) is 0 Å². The highest BCUT2D eigenvalue weighted by molar-refractivity contribution is 7.99. The van der Waals surface area contributed by atoms with Gasteiger partial charge in [0.25, 0.3) is 0 Å². The van der Waals surface area contributed by atoms with Gasteiger partial charge in [0.2, 0.25) is 0 Å². The maximum absolute atomic E-state index is 6.58. The Morgan fingerprint density at radius 2 is 1.32 bits per heavy atom. The van der Waals surface area contributed by atoms with Crippen LogP contribution in [0.5, 0.6) is 23.0 Å². The Kier molecular flexibility index (Phi) is 6.63. The quantitative estimate of drug-likeness (QED) is 0.284. The highest BCUT2D eigenvalue weighted by Crippen LogP contribution is 2.54. The van der Waals surface area contributed by atoms with E-state index in [1.807, 2.05) is 54.6 Å². The second-order valence-corrected chi connectivity index (χ2v) is 9.19. The molecule has 34 heavy (non-hydrogen) atoms. The van der Waals surface area contributed by atoms with Gasteiger partial charge in [-0.05, 0) is 59.2 Å². The molecular weight excluding hydrogens is 444 g/mol. The summed E-state index contributed by atoms with van der Waals surface area (Å²) in [7, 11) is 3.36. The normalized spacial score (nSPS) is 16.8. The van der Waals surface area contributed by atoms with Gasteiger partial charge < -0.3 is 18.9 Å². The molecule has 0 saturated heterocycles. The summed E-state index contributed by atoms with van der Waals surface area (Å²) >= 11 is 1.80. The summed E-state index contributed by atoms with van der Waals surface area (Å²) in [6.45, 7) is 0.529. The highest BCUT2D eigenvalue weighted by atomic mass is 32.2. The minimum Gasteiger partial charge on any atom is -0.497 e. The summed E-state index contributed by atoms with van der Waals surface area (Å²) in [6.07, 6.45) is -0.145. The largest absolute Gasteiger partial charge is 0.497 e. The Labute approximate surface area is 204 Å². The van der Waals surface area contributed by atoms with Crippen molar-refractivity contribution in [2.75, 3.05) is 14.2 Å². The Morgan fingerprint density at radius 3 is 1.97 bits per heavy atom. The van der Waals surface area contributed by atoms with Gasteiger partial charge in [0.15, 0.2) is 0 Å². The molecule has 4 aromatic rings. The van der Waals surface area contributed by atoms with Crippen LogP contribution in [-0.4, -0.2) is 14.2 Å². The van der Waals surface area contributed by atoms with Crippen LogP contribution in [-0.2, 0) is 6.61 Å². The predicted molar refractivity (Wildman–Crippen MR) is 135 cm³/mol. The number of rotatable bonds is 7. The fourth-order valence-electron chi connectivity index (χ4n) is 3.98. The van der Waals surface area contributed by atoms with Gasteiger partial charge in [0.05, 0.1) is 24.4 Å². The molecule has 0 saturated carbocycles. The molecule has 0 N–H and O–H groups in total. The van der Waals surface area contributed by atoms with Crippen molar-refractivity contribution in [1.29, 1.82) is 0 Å². The molecular formula is C29H26O4S. The molecule has 172 valence electrons. The molecule has 5 rings (SSSR count). The highest BCUT2D eigenvalue weighted by Gasteiger charge is 2.33. The van der Waals surface area contributed by atoms with Crippen LogP contribution in [0.4, 0.5) is 0 Å². The zero-order chi connectivity index (χ0) is 23.3. The lowest BCUT2D eigenvalue weighted by atomic mass is 10.00. The molecule has 0 bridgehead atoms. The Bertz CT molecular complexity index is 1220. The van der Waals surface area contributed by atoms with Crippen LogP contribution in [0.1, 0.15) is 28.0 Å². The van der Waals surface area contributed by atoms with Crippen molar-refractivity contribution in [2.24, 2.45) is 0 Å². The van der Waals surface area contributed by atoms with Gasteiger partial charge in [-0.1, -0.05) is 54.6 Å². The number of hydrogen-bond donors (Lipinski definition) is 0. The van der Waals surface area contributed by atoms with E-state index in [0.717, 1.165) is 39.0 Å². The van der Waals surface area contributed by atoms with E-state index in [-0.39, 0.29) is 11.4 Å². The maximum Gasteiger partial charge on any atom is 0.140 e. The first-order valence-electron chi connectivity index (χ1n) is 11.2. The lowest BCUT2D eigenvalue weighted by molar-refractivity contribution is 0.190. The molecule has 0 spiro atoms. The first-order valence-corrected chi connectivity index (χ1v) is 12.0. The minimum absolute atomic E-state index is 0.0659. The maximum atomic E-state index is 6.58. The number of hydrogen-bond acceptors (Lipinski definition) is 5. The number of thioether (sulfide) groups is 1. The van der Waals surface area contributed by atoms with Crippen LogP contribution >= 0.6 is 11.8 Å². The van der Waals surface area contributed by atoms with Gasteiger partial charge in [-0.3, -0.25) is 0 Å². The molecule has 4 aromatic carbocycles. The molecule has 0 aromatic heterocycles. The van der Waals surface area contributed by atoms with Gasteiger partial charge in [-0.15, -0.1) is 11.8 Å². The summed E-state index contributed by atoms with van der Waals surface area (Å²) in [4.78, 5) is 1.07. The Morgan fingerprint density at radius 1 is 0.706 bits per heavy atom. The fraction of sp³-hybridized carbons (Fsp3) is 0.172. The van der Waals surface area contributed by atoms with Crippen LogP contribution in [0, 0.1) is 0 Å². The van der Waals surface area contributed by atoms with E-state index in [0.29, 0.717) is 6.61 Å². The van der Waals surface area contributed by atoms with Crippen molar-refractivity contribution in [3.8, 4) is 23.0 Å². The average molecular weight is 471 g/mol. The lowest BCUT2D eigenvalue weighted by Crippen LogP contribution is -2.19. The number of fused-ring (bicyclic) bond motifs is 1. The van der Waals surface area contributed by atoms with E-state index >= 15 is 0 Å². The molecule has 5 heteroatoms. The number of methoxy groups -OCH3 is 2. The Hall–Kier alpha value is -3.57. The minimum atomic E-state index is -0.145. The van der Waals surface area contributed by atoms with Crippen molar-refractivity contribution in [3.05, 3.63) is 114 Å². The van der Waals surface area contributed by atoms with E-state index in [9.17, 15) is 0 Å². The second kappa shape index (κ2) is 10.1. The number of ether oxygens (including phenoxy) is 4. The molecule has 2 atom stereocenters. The van der Waals surface area contributed by atoms with E-state index in [1.165, 1.54) is 5.56 Å². The third-order valence-corrected chi connectivity index (χ3v) is 7.18. The van der Waals surface area contributed by atoms with Crippen LogP contribution < -0.4 is 18.9 Å². The lowest BCUT2D eigenvalue weighted by Gasteiger charge is -2.34. The van der Waals surface area contributed by atoms with Gasteiger partial charge in [-0.2, -0.15) is 0 Å². The van der Waals surface area contributed by atoms with Gasteiger partial charge in [0.1, 0.15) is 35.7 Å². The van der Waals surface area contributed by atoms with Gasteiger partial charge in [0, 0.05) is 0 Å². The van der Waals surface area contributed by atoms with Crippen LogP contribution in [0.15, 0.2) is 102 Å². The smallest absolute Gasteiger partial charge is 0.140 e. The van der Waals surface area contributed by atoms with Gasteiger partial charge >= 0.3 is 0 Å². The van der Waals surface area contributed by atoms with E-state index < -0.39 is 0 Å². The molecule has 0 unspecified atom stereocenters. The monoisotopic (exact) mass is 470 g/mol. The standard InChI is InChI=1S/C29H26O4S/c1-30-23-12-8-21(9-13-23)28-29(22-10-14-24(31-2)15-11-22)34-27-18-25(16-17-26(27)33-28)32-19-20-6-4-3-5-7-20/h3-18,28-29H,19H2,1-2H3/t28-,29+/m0/s1. The van der Waals surface area contributed by atoms with Crippen molar-refractivity contribution in [1.82, 2.24) is 0 Å². The molecule has 0 amide bonds. The van der Waals surface area contributed by atoms with Crippen LogP contribution in [0.3, 0.4) is 0 Å². The molecule has 1 aliphatic rings. The van der Waals surface area contributed by atoms with E-state index in [4.69, 9.17) is 18.9 Å². The molecule has 1 aliphatic heterocycles. The average Bonchev–Trinajstić information content (AvgIpc) is 2.92. The summed E-state index contributed by atoms with van der Waals surface area (Å²) in [5, 5.41) is 0.0659. The van der Waals surface area contributed by atoms with Crippen LogP contribution in [0.2, 0.25) is 0 Å². The van der Waals surface area contributed by atoms with Crippen LogP contribution in [0.25, 0.3) is 0 Å². The zero-order valence-corrected chi connectivity index (χ0v) is 20.0. The zero-order valence-electron chi connectivity index (χ0n) is 19.1. The summed E-state index contributed by atoms with van der Waals surface area (Å²) < 4.78 is 23.4. The van der Waals surface area contributed by atoms with Crippen molar-refractivity contribution >= 4 is 11.8 Å². The topological polar surface area (TPSA) is 36.9 Å². The van der Waals surface area contributed by atoms with E-state index in [1.54, 1.807) is 26.0 Å². The summed E-state index contributed by atoms with van der Waals surface area (Å²) in [6, 6.07) is 32.5. The van der Waals surface area contributed by atoms with Crippen molar-refractivity contribution < 1.29 is 18.9 Å². The van der Waals surface area contributed by atoms with Crippen molar-refractivity contribution in [2.45, 2.75) is 22.9 Å². The third-order valence-electron chi connectivity index (χ3n) is 5.84. The molecule has 0 aliphatic carbocycles. The second-order valence-electron chi connectivity index (χ2n) is 8.01. The summed E-state index contributed by atoms with van der Waals surface area (Å²) in [5.41, 5.74) is 3.41. The molecule has 4 nitrogen and oxygen atoms in total. The van der Waals surface area contributed by atoms with Crippen molar-refractivity contribution in [3.63, 3.8) is 0 Å². The third kappa shape index (κ3) is 4.85. The predicted octanol–water partition coefficient (Wildman–Crippen LogP) is 7.25. The molecule has 0 radical (unpaired) electrons. The molecule has 0 fully saturated rings. The number of benzene rings is 4. The fourth-order valence-corrected chi connectivity index (χ4v) is 5.30. The Balaban J connectivity index is 1.44. The molecule has 1 heterocycles. The first kappa shape index (κ1) is 22.2. The van der Waals surface area contributed by atoms with E-state index in [2.05, 4.69) is 42.5 Å². The first-order chi connectivity index (χ1) is 16.7. The SMILES string of the molecule is COc1ccc([C@H]2Sc3cc(OCc4ccccc4)ccc3O[C@H]2c2ccc(OC)cc2)cc1.